The van der Waals surface area contributed by atoms with Crippen LogP contribution in [0.1, 0.15) is 11.1 Å². The van der Waals surface area contributed by atoms with Crippen LogP contribution in [0.3, 0.4) is 0 Å². The van der Waals surface area contributed by atoms with Gasteiger partial charge in [-0.15, -0.1) is 0 Å². The van der Waals surface area contributed by atoms with Gasteiger partial charge in [0.1, 0.15) is 0 Å². The van der Waals surface area contributed by atoms with Crippen LogP contribution in [0.15, 0.2) is 53.4 Å². The van der Waals surface area contributed by atoms with E-state index in [1.54, 1.807) is 0 Å². The molecule has 144 valence electrons. The summed E-state index contributed by atoms with van der Waals surface area (Å²) in [5.41, 5.74) is 1.81. The molecule has 1 saturated heterocycles. The second-order valence-electron chi connectivity index (χ2n) is 6.23. The summed E-state index contributed by atoms with van der Waals surface area (Å²) in [5.74, 6) is 0. The average Bonchev–Trinajstić information content (AvgIpc) is 2.68. The molecular weight excluding hydrogens is 370 g/mol. The molecule has 9 heteroatoms. The van der Waals surface area contributed by atoms with E-state index in [1.807, 2.05) is 24.3 Å². The normalized spacial score (nSPS) is 15.6. The first-order chi connectivity index (χ1) is 13.0. The maximum atomic E-state index is 12.5. The zero-order chi connectivity index (χ0) is 19.3. The van der Waals surface area contributed by atoms with Crippen LogP contribution in [-0.4, -0.2) is 44.5 Å². The van der Waals surface area contributed by atoms with Crippen LogP contribution in [0.25, 0.3) is 0 Å². The van der Waals surface area contributed by atoms with E-state index in [0.29, 0.717) is 13.2 Å². The van der Waals surface area contributed by atoms with Crippen molar-refractivity contribution in [3.63, 3.8) is 0 Å². The number of non-ortho nitro benzene ring substituents is 1. The number of nitrogens with one attached hydrogen (secondary N) is 1. The lowest BCUT2D eigenvalue weighted by Crippen LogP contribution is -2.36. The van der Waals surface area contributed by atoms with E-state index in [9.17, 15) is 18.5 Å². The van der Waals surface area contributed by atoms with Gasteiger partial charge in [-0.3, -0.25) is 15.0 Å². The Morgan fingerprint density at radius 3 is 2.30 bits per heavy atom. The largest absolute Gasteiger partial charge is 0.379 e. The van der Waals surface area contributed by atoms with Crippen molar-refractivity contribution in [2.45, 2.75) is 18.0 Å². The number of benzene rings is 2. The quantitative estimate of drug-likeness (QED) is 0.571. The highest BCUT2D eigenvalue weighted by molar-refractivity contribution is 7.89. The molecule has 1 fully saturated rings. The highest BCUT2D eigenvalue weighted by Crippen LogP contribution is 2.17. The van der Waals surface area contributed by atoms with Crippen LogP contribution in [0.5, 0.6) is 0 Å². The lowest BCUT2D eigenvalue weighted by Gasteiger charge is -2.27. The number of sulfonamides is 1. The SMILES string of the molecule is O=[N+]([O-])c1ccc(S(=O)(=O)NCc2ccccc2CN2CCOCC2)cc1. The third-order valence-electron chi connectivity index (χ3n) is 4.43. The van der Waals surface area contributed by atoms with Crippen LogP contribution >= 0.6 is 0 Å². The number of ether oxygens (including phenoxy) is 1. The highest BCUT2D eigenvalue weighted by atomic mass is 32.2. The molecule has 1 N–H and O–H groups in total. The van der Waals surface area contributed by atoms with Crippen molar-refractivity contribution in [1.82, 2.24) is 9.62 Å². The second kappa shape index (κ2) is 8.57. The molecule has 0 saturated carbocycles. The molecule has 1 aliphatic rings. The number of hydrogen-bond acceptors (Lipinski definition) is 6. The standard InChI is InChI=1S/C18H21N3O5S/c22-21(23)17-5-7-18(8-6-17)27(24,25)19-13-15-3-1-2-4-16(15)14-20-9-11-26-12-10-20/h1-8,19H,9-14H2. The molecule has 1 aliphatic heterocycles. The fraction of sp³-hybridized carbons (Fsp3) is 0.333. The Bertz CT molecular complexity index is 893. The van der Waals surface area contributed by atoms with Crippen LogP contribution in [-0.2, 0) is 27.8 Å². The monoisotopic (exact) mass is 391 g/mol. The molecule has 2 aromatic rings. The van der Waals surface area contributed by atoms with Gasteiger partial charge in [0.25, 0.3) is 5.69 Å². The average molecular weight is 391 g/mol. The number of nitrogens with zero attached hydrogens (tertiary/aromatic N) is 2. The molecule has 0 aliphatic carbocycles. The lowest BCUT2D eigenvalue weighted by molar-refractivity contribution is -0.384. The molecule has 2 aromatic carbocycles. The summed E-state index contributed by atoms with van der Waals surface area (Å²) in [6, 6.07) is 12.5. The Morgan fingerprint density at radius 2 is 1.67 bits per heavy atom. The van der Waals surface area contributed by atoms with Gasteiger partial charge in [0, 0.05) is 38.3 Å². The van der Waals surface area contributed by atoms with Gasteiger partial charge < -0.3 is 4.74 Å². The first-order valence-corrected chi connectivity index (χ1v) is 10.0. The lowest BCUT2D eigenvalue weighted by atomic mass is 10.1. The van der Waals surface area contributed by atoms with E-state index in [1.165, 1.54) is 24.3 Å². The summed E-state index contributed by atoms with van der Waals surface area (Å²) in [6.07, 6.45) is 0. The van der Waals surface area contributed by atoms with Gasteiger partial charge in [0.05, 0.1) is 23.0 Å². The van der Waals surface area contributed by atoms with E-state index >= 15 is 0 Å². The zero-order valence-corrected chi connectivity index (χ0v) is 15.5. The number of nitro groups is 1. The molecule has 27 heavy (non-hydrogen) atoms. The molecule has 0 atom stereocenters. The van der Waals surface area contributed by atoms with Crippen LogP contribution in [0.2, 0.25) is 0 Å². The van der Waals surface area contributed by atoms with E-state index in [0.717, 1.165) is 30.8 Å². The maximum absolute atomic E-state index is 12.5. The van der Waals surface area contributed by atoms with Crippen LogP contribution in [0.4, 0.5) is 5.69 Å². The van der Waals surface area contributed by atoms with Crippen molar-refractivity contribution in [3.05, 3.63) is 69.8 Å². The van der Waals surface area contributed by atoms with Crippen molar-refractivity contribution in [2.75, 3.05) is 26.3 Å². The number of rotatable bonds is 7. The fourth-order valence-electron chi connectivity index (χ4n) is 2.89. The van der Waals surface area contributed by atoms with Gasteiger partial charge in [0.2, 0.25) is 10.0 Å². The van der Waals surface area contributed by atoms with E-state index < -0.39 is 14.9 Å². The fourth-order valence-corrected chi connectivity index (χ4v) is 3.89. The van der Waals surface area contributed by atoms with E-state index in [-0.39, 0.29) is 17.1 Å². The van der Waals surface area contributed by atoms with Gasteiger partial charge in [-0.2, -0.15) is 0 Å². The van der Waals surface area contributed by atoms with Crippen molar-refractivity contribution in [2.24, 2.45) is 0 Å². The Balaban J connectivity index is 1.69. The minimum atomic E-state index is -3.76. The summed E-state index contributed by atoms with van der Waals surface area (Å²) in [5, 5.41) is 10.7. The first-order valence-electron chi connectivity index (χ1n) is 8.57. The Morgan fingerprint density at radius 1 is 1.04 bits per heavy atom. The Kier molecular flexibility index (Phi) is 6.17. The van der Waals surface area contributed by atoms with Crippen molar-refractivity contribution in [3.8, 4) is 0 Å². The first kappa shape index (κ1) is 19.4. The van der Waals surface area contributed by atoms with Crippen molar-refractivity contribution >= 4 is 15.7 Å². The molecule has 0 spiro atoms. The summed E-state index contributed by atoms with van der Waals surface area (Å²) < 4.78 is 32.9. The van der Waals surface area contributed by atoms with E-state index in [4.69, 9.17) is 4.74 Å². The zero-order valence-electron chi connectivity index (χ0n) is 14.7. The molecule has 1 heterocycles. The number of morpholine rings is 1. The van der Waals surface area contributed by atoms with Crippen molar-refractivity contribution < 1.29 is 18.1 Å². The van der Waals surface area contributed by atoms with Gasteiger partial charge in [-0.1, -0.05) is 24.3 Å². The molecule has 0 aromatic heterocycles. The Labute approximate surface area is 158 Å². The van der Waals surface area contributed by atoms with Crippen LogP contribution in [0, 0.1) is 10.1 Å². The van der Waals surface area contributed by atoms with E-state index in [2.05, 4.69) is 9.62 Å². The third-order valence-corrected chi connectivity index (χ3v) is 5.84. The maximum Gasteiger partial charge on any atom is 0.269 e. The molecule has 8 nitrogen and oxygen atoms in total. The minimum absolute atomic E-state index is 0.00115. The van der Waals surface area contributed by atoms with Gasteiger partial charge in [0.15, 0.2) is 0 Å². The van der Waals surface area contributed by atoms with Gasteiger partial charge in [-0.25, -0.2) is 13.1 Å². The summed E-state index contributed by atoms with van der Waals surface area (Å²) in [7, 11) is -3.76. The molecular formula is C18H21N3O5S. The molecule has 0 amide bonds. The Hall–Kier alpha value is -2.33. The topological polar surface area (TPSA) is 102 Å². The summed E-state index contributed by atoms with van der Waals surface area (Å²) >= 11 is 0. The smallest absolute Gasteiger partial charge is 0.269 e. The predicted octanol–water partition coefficient (Wildman–Crippen LogP) is 1.91. The molecule has 0 unspecified atom stereocenters. The summed E-state index contributed by atoms with van der Waals surface area (Å²) in [6.45, 7) is 3.99. The number of nitro benzene ring substituents is 1. The highest BCUT2D eigenvalue weighted by Gasteiger charge is 2.17. The van der Waals surface area contributed by atoms with Crippen LogP contribution < -0.4 is 4.72 Å². The minimum Gasteiger partial charge on any atom is -0.379 e. The molecule has 0 radical (unpaired) electrons. The van der Waals surface area contributed by atoms with Gasteiger partial charge >= 0.3 is 0 Å². The third kappa shape index (κ3) is 5.10. The molecule has 3 rings (SSSR count). The van der Waals surface area contributed by atoms with Crippen molar-refractivity contribution in [1.29, 1.82) is 0 Å². The molecule has 0 bridgehead atoms. The second-order valence-corrected chi connectivity index (χ2v) is 8.00. The predicted molar refractivity (Wildman–Crippen MR) is 99.7 cm³/mol. The number of hydrogen-bond donors (Lipinski definition) is 1. The summed E-state index contributed by atoms with van der Waals surface area (Å²) in [4.78, 5) is 12.4. The van der Waals surface area contributed by atoms with Gasteiger partial charge in [-0.05, 0) is 23.3 Å².